The summed E-state index contributed by atoms with van der Waals surface area (Å²) in [5, 5.41) is 11.7. The number of rotatable bonds is 8. The molecule has 1 unspecified atom stereocenters. The van der Waals surface area contributed by atoms with Crippen LogP contribution in [-0.2, 0) is 17.8 Å². The normalized spacial score (nSPS) is 17.0. The first-order valence-corrected chi connectivity index (χ1v) is 10.3. The Bertz CT molecular complexity index is 1050. The molecule has 1 aliphatic rings. The molecule has 0 radical (unpaired) electrons. The van der Waals surface area contributed by atoms with E-state index in [4.69, 9.17) is 14.1 Å². The highest BCUT2D eigenvalue weighted by atomic mass is 16.4. The topological polar surface area (TPSA) is 117 Å². The van der Waals surface area contributed by atoms with Gasteiger partial charge in [-0.05, 0) is 36.3 Å². The number of carbonyl (C=O) groups excluding carboxylic acids is 2. The van der Waals surface area contributed by atoms with E-state index in [0.717, 1.165) is 19.3 Å². The molecule has 162 valence electrons. The van der Waals surface area contributed by atoms with Gasteiger partial charge in [0, 0.05) is 25.5 Å². The third-order valence-electron chi connectivity index (χ3n) is 5.19. The largest absolute Gasteiger partial charge is 0.467 e. The molecule has 2 amide bonds. The summed E-state index contributed by atoms with van der Waals surface area (Å²) in [5.74, 6) is 0.144. The highest BCUT2D eigenvalue weighted by Crippen LogP contribution is 2.24. The zero-order valence-corrected chi connectivity index (χ0v) is 17.4. The maximum atomic E-state index is 13.1. The summed E-state index contributed by atoms with van der Waals surface area (Å²) < 4.78 is 10.5. The lowest BCUT2D eigenvalue weighted by Gasteiger charge is -2.23. The van der Waals surface area contributed by atoms with Crippen molar-refractivity contribution >= 4 is 11.8 Å². The number of carbonyl (C=O) groups is 2. The molecule has 3 heterocycles. The molecule has 1 N–H and O–H groups in total. The Kier molecular flexibility index (Phi) is 7.44. The van der Waals surface area contributed by atoms with Gasteiger partial charge in [-0.25, -0.2) is 4.79 Å². The van der Waals surface area contributed by atoms with Crippen LogP contribution in [0.4, 0.5) is 0 Å². The van der Waals surface area contributed by atoms with Crippen molar-refractivity contribution in [3.63, 3.8) is 0 Å². The van der Waals surface area contributed by atoms with Crippen LogP contribution < -0.4 is 10.9 Å². The van der Waals surface area contributed by atoms with Gasteiger partial charge in [-0.15, -0.1) is 0 Å². The van der Waals surface area contributed by atoms with E-state index in [0.29, 0.717) is 23.5 Å². The Balaban J connectivity index is 1.76. The van der Waals surface area contributed by atoms with Crippen molar-refractivity contribution < 1.29 is 18.4 Å². The molecule has 1 saturated heterocycles. The molecular weight excluding hydrogens is 398 g/mol. The van der Waals surface area contributed by atoms with E-state index in [9.17, 15) is 14.4 Å². The smallest absolute Gasteiger partial charge is 0.348 e. The third-order valence-corrected chi connectivity index (χ3v) is 5.19. The van der Waals surface area contributed by atoms with Crippen LogP contribution in [0, 0.1) is 11.3 Å². The summed E-state index contributed by atoms with van der Waals surface area (Å²) in [5.41, 5.74) is -0.192. The molecular formula is C23H25N3O5. The van der Waals surface area contributed by atoms with Crippen LogP contribution in [-0.4, -0.2) is 29.3 Å². The lowest BCUT2D eigenvalue weighted by atomic mass is 10.1. The van der Waals surface area contributed by atoms with Crippen molar-refractivity contribution in [1.82, 2.24) is 10.2 Å². The molecule has 0 saturated carbocycles. The molecule has 0 bridgehead atoms. The van der Waals surface area contributed by atoms with Gasteiger partial charge in [0.1, 0.15) is 23.1 Å². The minimum Gasteiger partial charge on any atom is -0.467 e. The fourth-order valence-electron chi connectivity index (χ4n) is 3.55. The number of amides is 2. The molecule has 31 heavy (non-hydrogen) atoms. The number of unbranched alkanes of at least 4 members (excludes halogenated alkanes) is 2. The summed E-state index contributed by atoms with van der Waals surface area (Å²) in [6.07, 6.45) is 6.68. The second kappa shape index (κ2) is 10.4. The Morgan fingerprint density at radius 2 is 2.13 bits per heavy atom. The maximum Gasteiger partial charge on any atom is 0.348 e. The van der Waals surface area contributed by atoms with Gasteiger partial charge in [-0.3, -0.25) is 9.59 Å². The number of nitriles is 1. The van der Waals surface area contributed by atoms with Crippen LogP contribution in [0.15, 0.2) is 55.8 Å². The Hall–Kier alpha value is -3.60. The Morgan fingerprint density at radius 1 is 1.29 bits per heavy atom. The first-order valence-electron chi connectivity index (χ1n) is 10.3. The van der Waals surface area contributed by atoms with Crippen LogP contribution in [0.1, 0.15) is 54.5 Å². The molecule has 1 aliphatic heterocycles. The Labute approximate surface area is 180 Å². The molecule has 3 rings (SSSR count). The van der Waals surface area contributed by atoms with Crippen molar-refractivity contribution in [1.29, 1.82) is 5.26 Å². The van der Waals surface area contributed by atoms with Crippen molar-refractivity contribution in [3.8, 4) is 6.07 Å². The molecule has 1 atom stereocenters. The van der Waals surface area contributed by atoms with Crippen LogP contribution in [0.3, 0.4) is 0 Å². The zero-order chi connectivity index (χ0) is 22.2. The number of hydrogen-bond donors (Lipinski definition) is 1. The number of nitrogens with zero attached hydrogens (tertiary/aromatic N) is 2. The third kappa shape index (κ3) is 5.51. The lowest BCUT2D eigenvalue weighted by Crippen LogP contribution is -2.46. The SMILES string of the molecule is CCCCCc1ccc(C(=O)N2C/C(=C\C#N)CC2C(=O)NCc2ccco2)c(=O)o1. The van der Waals surface area contributed by atoms with Gasteiger partial charge < -0.3 is 19.1 Å². The number of allylic oxidation sites excluding steroid dienone is 1. The van der Waals surface area contributed by atoms with Crippen LogP contribution >= 0.6 is 0 Å². The molecule has 8 nitrogen and oxygen atoms in total. The van der Waals surface area contributed by atoms with E-state index in [1.807, 2.05) is 6.07 Å². The monoisotopic (exact) mass is 423 g/mol. The second-order valence-corrected chi connectivity index (χ2v) is 7.44. The molecule has 1 fully saturated rings. The minimum atomic E-state index is -0.828. The van der Waals surface area contributed by atoms with Gasteiger partial charge in [0.05, 0.1) is 18.9 Å². The van der Waals surface area contributed by atoms with Crippen molar-refractivity contribution in [2.24, 2.45) is 0 Å². The zero-order valence-electron chi connectivity index (χ0n) is 17.4. The number of furan rings is 1. The summed E-state index contributed by atoms with van der Waals surface area (Å²) >= 11 is 0. The number of nitrogens with one attached hydrogen (secondary N) is 1. The maximum absolute atomic E-state index is 13.1. The fourth-order valence-corrected chi connectivity index (χ4v) is 3.55. The van der Waals surface area contributed by atoms with Crippen molar-refractivity contribution in [2.75, 3.05) is 6.54 Å². The van der Waals surface area contributed by atoms with E-state index in [2.05, 4.69) is 12.2 Å². The highest BCUT2D eigenvalue weighted by molar-refractivity contribution is 5.98. The average molecular weight is 423 g/mol. The predicted octanol–water partition coefficient (Wildman–Crippen LogP) is 2.95. The molecule has 0 spiro atoms. The standard InChI is InChI=1S/C23H25N3O5/c1-2-3-4-6-17-8-9-19(23(29)31-17)22(28)26-15-16(10-11-24)13-20(26)21(27)25-14-18-7-5-12-30-18/h5,7-10,12,20H,2-4,6,13-15H2,1H3,(H,25,27)/b16-10-. The van der Waals surface area contributed by atoms with Crippen molar-refractivity contribution in [3.05, 3.63) is 69.7 Å². The molecule has 0 aliphatic carbocycles. The van der Waals surface area contributed by atoms with E-state index in [-0.39, 0.29) is 31.0 Å². The fraction of sp³-hybridized carbons (Fsp3) is 0.391. The first-order chi connectivity index (χ1) is 15.0. The minimum absolute atomic E-state index is 0.100. The van der Waals surface area contributed by atoms with Crippen molar-refractivity contribution in [2.45, 2.75) is 51.6 Å². The second-order valence-electron chi connectivity index (χ2n) is 7.44. The van der Waals surface area contributed by atoms with Gasteiger partial charge in [0.2, 0.25) is 5.91 Å². The van der Waals surface area contributed by atoms with Gasteiger partial charge >= 0.3 is 5.63 Å². The Morgan fingerprint density at radius 3 is 2.81 bits per heavy atom. The summed E-state index contributed by atoms with van der Waals surface area (Å²) in [6.45, 7) is 2.36. The van der Waals surface area contributed by atoms with Crippen LogP contribution in [0.5, 0.6) is 0 Å². The van der Waals surface area contributed by atoms with Gasteiger partial charge in [0.25, 0.3) is 5.91 Å². The van der Waals surface area contributed by atoms with E-state index >= 15 is 0 Å². The highest BCUT2D eigenvalue weighted by Gasteiger charge is 2.38. The number of aryl methyl sites for hydroxylation is 1. The van der Waals surface area contributed by atoms with Gasteiger partial charge in [0.15, 0.2) is 0 Å². The van der Waals surface area contributed by atoms with E-state index in [1.165, 1.54) is 23.3 Å². The van der Waals surface area contributed by atoms with Crippen LogP contribution in [0.25, 0.3) is 0 Å². The van der Waals surface area contributed by atoms with Gasteiger partial charge in [-0.1, -0.05) is 19.8 Å². The lowest BCUT2D eigenvalue weighted by molar-refractivity contribution is -0.125. The molecule has 0 aromatic carbocycles. The van der Waals surface area contributed by atoms with Crippen LogP contribution in [0.2, 0.25) is 0 Å². The molecule has 2 aromatic heterocycles. The van der Waals surface area contributed by atoms with E-state index in [1.54, 1.807) is 18.2 Å². The van der Waals surface area contributed by atoms with Gasteiger partial charge in [-0.2, -0.15) is 5.26 Å². The molecule has 2 aromatic rings. The quantitative estimate of drug-likeness (QED) is 0.515. The predicted molar refractivity (Wildman–Crippen MR) is 112 cm³/mol. The summed E-state index contributed by atoms with van der Waals surface area (Å²) in [7, 11) is 0. The summed E-state index contributed by atoms with van der Waals surface area (Å²) in [4.78, 5) is 39.6. The number of likely N-dealkylation sites (tertiary alicyclic amines) is 1. The first kappa shape index (κ1) is 22.1. The van der Waals surface area contributed by atoms with E-state index < -0.39 is 17.6 Å². The summed E-state index contributed by atoms with van der Waals surface area (Å²) in [6, 6.07) is 7.65. The average Bonchev–Trinajstić information content (AvgIpc) is 3.42. The molecule has 8 heteroatoms. The number of hydrogen-bond acceptors (Lipinski definition) is 6.